The lowest BCUT2D eigenvalue weighted by Crippen LogP contribution is -2.51. The molecule has 0 N–H and O–H groups in total. The molecule has 0 aliphatic carbocycles. The second kappa shape index (κ2) is 8.20. The van der Waals surface area contributed by atoms with Crippen LogP contribution in [-0.2, 0) is 18.3 Å². The summed E-state index contributed by atoms with van der Waals surface area (Å²) in [5.41, 5.74) is 2.30. The number of rotatable bonds is 3. The summed E-state index contributed by atoms with van der Waals surface area (Å²) in [4.78, 5) is 44.2. The normalized spacial score (nSPS) is 16.4. The number of piperazine rings is 1. The van der Waals surface area contributed by atoms with Crippen LogP contribution in [0.2, 0.25) is 0 Å². The highest BCUT2D eigenvalue weighted by Crippen LogP contribution is 2.27. The second-order valence-electron chi connectivity index (χ2n) is 8.32. The number of fused-ring (bicyclic) bond motifs is 2. The largest absolute Gasteiger partial charge is 0.335 e. The third-order valence-corrected chi connectivity index (χ3v) is 6.37. The number of hydrogen-bond donors (Lipinski definition) is 0. The van der Waals surface area contributed by atoms with Crippen LogP contribution in [0.15, 0.2) is 53.3 Å². The van der Waals surface area contributed by atoms with Crippen molar-refractivity contribution in [3.05, 3.63) is 70.1 Å². The summed E-state index contributed by atoms with van der Waals surface area (Å²) in [5, 5.41) is 5.32. The Balaban J connectivity index is 1.25. The molecule has 2 aliphatic rings. The Hall–Kier alpha value is -3.52. The van der Waals surface area contributed by atoms with E-state index in [1.165, 1.54) is 10.2 Å². The number of hydrogen-bond acceptors (Lipinski definition) is 5. The predicted molar refractivity (Wildman–Crippen MR) is 122 cm³/mol. The van der Waals surface area contributed by atoms with E-state index in [1.807, 2.05) is 23.1 Å². The number of carbonyl (C=O) groups is 2. The Morgan fingerprint density at radius 2 is 1.59 bits per heavy atom. The molecule has 3 aromatic rings. The zero-order valence-electron chi connectivity index (χ0n) is 18.0. The molecule has 1 saturated heterocycles. The number of nitrogens with zero attached hydrogens (tertiary/aromatic N) is 5. The Morgan fingerprint density at radius 1 is 0.906 bits per heavy atom. The van der Waals surface area contributed by atoms with Gasteiger partial charge in [0.2, 0.25) is 5.91 Å². The summed E-state index contributed by atoms with van der Waals surface area (Å²) in [6, 6.07) is 15.1. The van der Waals surface area contributed by atoms with Gasteiger partial charge in [-0.15, -0.1) is 0 Å². The Bertz CT molecular complexity index is 1260. The van der Waals surface area contributed by atoms with Crippen molar-refractivity contribution in [2.45, 2.75) is 6.42 Å². The van der Waals surface area contributed by atoms with Gasteiger partial charge in [0.1, 0.15) is 0 Å². The SMILES string of the molecule is Cn1nc(C(=O)N2CCN(CC(=O)N3CCc4ccccc43)CC2)c2ccccc2c1=O. The molecule has 32 heavy (non-hydrogen) atoms. The number of carbonyl (C=O) groups excluding carboxylic acids is 2. The van der Waals surface area contributed by atoms with Crippen LogP contribution in [0.4, 0.5) is 5.69 Å². The van der Waals surface area contributed by atoms with Crippen LogP contribution in [0.5, 0.6) is 0 Å². The molecule has 8 nitrogen and oxygen atoms in total. The summed E-state index contributed by atoms with van der Waals surface area (Å²) in [7, 11) is 1.56. The lowest BCUT2D eigenvalue weighted by atomic mass is 10.1. The number of amides is 2. The van der Waals surface area contributed by atoms with Crippen molar-refractivity contribution in [3.8, 4) is 0 Å². The molecular weight excluding hydrogens is 406 g/mol. The van der Waals surface area contributed by atoms with E-state index < -0.39 is 0 Å². The van der Waals surface area contributed by atoms with Gasteiger partial charge < -0.3 is 9.80 Å². The summed E-state index contributed by atoms with van der Waals surface area (Å²) in [5.74, 6) is -0.0864. The van der Waals surface area contributed by atoms with Gasteiger partial charge in [-0.05, 0) is 24.1 Å². The number of anilines is 1. The predicted octanol–water partition coefficient (Wildman–Crippen LogP) is 1.28. The van der Waals surface area contributed by atoms with Crippen molar-refractivity contribution in [1.29, 1.82) is 0 Å². The van der Waals surface area contributed by atoms with E-state index in [-0.39, 0.29) is 17.4 Å². The Morgan fingerprint density at radius 3 is 2.38 bits per heavy atom. The first kappa shape index (κ1) is 20.4. The molecule has 0 saturated carbocycles. The molecule has 2 amide bonds. The zero-order valence-corrected chi connectivity index (χ0v) is 18.0. The smallest absolute Gasteiger partial charge is 0.275 e. The number of aromatic nitrogens is 2. The van der Waals surface area contributed by atoms with Crippen LogP contribution in [0, 0.1) is 0 Å². The van der Waals surface area contributed by atoms with Crippen molar-refractivity contribution in [2.24, 2.45) is 7.05 Å². The Labute approximate surface area is 185 Å². The highest BCUT2D eigenvalue weighted by atomic mass is 16.2. The van der Waals surface area contributed by atoms with E-state index in [0.29, 0.717) is 49.2 Å². The van der Waals surface area contributed by atoms with Gasteiger partial charge in [-0.3, -0.25) is 19.3 Å². The topological polar surface area (TPSA) is 78.8 Å². The van der Waals surface area contributed by atoms with Crippen LogP contribution >= 0.6 is 0 Å². The molecule has 0 radical (unpaired) electrons. The molecule has 164 valence electrons. The van der Waals surface area contributed by atoms with Crippen LogP contribution in [-0.4, -0.2) is 70.7 Å². The van der Waals surface area contributed by atoms with Crippen LogP contribution in [0.25, 0.3) is 10.8 Å². The summed E-state index contributed by atoms with van der Waals surface area (Å²) in [6.07, 6.45) is 0.894. The zero-order chi connectivity index (χ0) is 22.2. The molecule has 2 aliphatic heterocycles. The van der Waals surface area contributed by atoms with E-state index in [2.05, 4.69) is 16.1 Å². The molecule has 0 atom stereocenters. The van der Waals surface area contributed by atoms with Gasteiger partial charge in [0.15, 0.2) is 5.69 Å². The van der Waals surface area contributed by atoms with Gasteiger partial charge in [0.25, 0.3) is 11.5 Å². The molecule has 8 heteroatoms. The minimum absolute atomic E-state index is 0.0976. The Kier molecular flexibility index (Phi) is 5.22. The first-order valence-corrected chi connectivity index (χ1v) is 10.9. The number of para-hydroxylation sites is 1. The van der Waals surface area contributed by atoms with Gasteiger partial charge in [-0.25, -0.2) is 4.68 Å². The number of aryl methyl sites for hydroxylation is 1. The molecule has 0 spiro atoms. The first-order valence-electron chi connectivity index (χ1n) is 10.9. The van der Waals surface area contributed by atoms with E-state index in [0.717, 1.165) is 18.7 Å². The van der Waals surface area contributed by atoms with Gasteiger partial charge >= 0.3 is 0 Å². The average Bonchev–Trinajstić information content (AvgIpc) is 3.26. The van der Waals surface area contributed by atoms with Crippen LogP contribution < -0.4 is 10.5 Å². The summed E-state index contributed by atoms with van der Waals surface area (Å²) >= 11 is 0. The first-order chi connectivity index (χ1) is 15.5. The standard InChI is InChI=1S/C24H25N5O3/c1-26-23(31)19-8-4-3-7-18(19)22(25-26)24(32)28-14-12-27(13-15-28)16-21(30)29-11-10-17-6-2-5-9-20(17)29/h2-9H,10-16H2,1H3. The summed E-state index contributed by atoms with van der Waals surface area (Å²) in [6.45, 7) is 3.34. The highest BCUT2D eigenvalue weighted by Gasteiger charge is 2.29. The monoisotopic (exact) mass is 431 g/mol. The van der Waals surface area contributed by atoms with E-state index >= 15 is 0 Å². The van der Waals surface area contributed by atoms with Crippen LogP contribution in [0.3, 0.4) is 0 Å². The molecular formula is C24H25N5O3. The van der Waals surface area contributed by atoms with E-state index in [4.69, 9.17) is 0 Å². The van der Waals surface area contributed by atoms with Gasteiger partial charge in [0.05, 0.1) is 11.9 Å². The molecule has 2 aromatic carbocycles. The minimum Gasteiger partial charge on any atom is -0.335 e. The minimum atomic E-state index is -0.219. The average molecular weight is 431 g/mol. The van der Waals surface area contributed by atoms with E-state index in [1.54, 1.807) is 36.2 Å². The third kappa shape index (κ3) is 3.56. The fraction of sp³-hybridized carbons (Fsp3) is 0.333. The lowest BCUT2D eigenvalue weighted by Gasteiger charge is -2.35. The molecule has 0 unspecified atom stereocenters. The van der Waals surface area contributed by atoms with Gasteiger partial charge in [-0.1, -0.05) is 36.4 Å². The van der Waals surface area contributed by atoms with Crippen molar-refractivity contribution in [2.75, 3.05) is 44.2 Å². The fourth-order valence-corrected chi connectivity index (χ4v) is 4.59. The van der Waals surface area contributed by atoms with E-state index in [9.17, 15) is 14.4 Å². The van der Waals surface area contributed by atoms with Crippen molar-refractivity contribution in [1.82, 2.24) is 19.6 Å². The van der Waals surface area contributed by atoms with Crippen molar-refractivity contribution < 1.29 is 9.59 Å². The highest BCUT2D eigenvalue weighted by molar-refractivity contribution is 6.04. The second-order valence-corrected chi connectivity index (χ2v) is 8.32. The van der Waals surface area contributed by atoms with Crippen molar-refractivity contribution in [3.63, 3.8) is 0 Å². The quantitative estimate of drug-likeness (QED) is 0.624. The van der Waals surface area contributed by atoms with Crippen molar-refractivity contribution >= 4 is 28.3 Å². The van der Waals surface area contributed by atoms with Gasteiger partial charge in [-0.2, -0.15) is 5.10 Å². The maximum atomic E-state index is 13.2. The molecule has 1 aromatic heterocycles. The maximum Gasteiger partial charge on any atom is 0.275 e. The fourth-order valence-electron chi connectivity index (χ4n) is 4.59. The number of benzene rings is 2. The summed E-state index contributed by atoms with van der Waals surface area (Å²) < 4.78 is 1.22. The lowest BCUT2D eigenvalue weighted by molar-refractivity contribution is -0.120. The molecule has 3 heterocycles. The van der Waals surface area contributed by atoms with Crippen LogP contribution in [0.1, 0.15) is 16.1 Å². The molecule has 5 rings (SSSR count). The maximum absolute atomic E-state index is 13.2. The third-order valence-electron chi connectivity index (χ3n) is 6.37. The molecule has 1 fully saturated rings. The van der Waals surface area contributed by atoms with Gasteiger partial charge in [0, 0.05) is 50.8 Å². The molecule has 0 bridgehead atoms.